The summed E-state index contributed by atoms with van der Waals surface area (Å²) in [4.78, 5) is 0. The summed E-state index contributed by atoms with van der Waals surface area (Å²) in [5.74, 6) is 0.822. The number of hydrogen-bond acceptors (Lipinski definition) is 1. The van der Waals surface area contributed by atoms with Gasteiger partial charge in [-0.15, -0.1) is 0 Å². The van der Waals surface area contributed by atoms with E-state index in [1.807, 2.05) is 13.0 Å². The molecule has 0 saturated heterocycles. The SMILES string of the molecule is [CH2]C1Cc2cc(C)cc(Cl)c2O1. The Morgan fingerprint density at radius 2 is 2.33 bits per heavy atom. The highest BCUT2D eigenvalue weighted by Crippen LogP contribution is 2.36. The van der Waals surface area contributed by atoms with Gasteiger partial charge in [0.1, 0.15) is 11.9 Å². The van der Waals surface area contributed by atoms with Crippen LogP contribution in [-0.4, -0.2) is 6.10 Å². The summed E-state index contributed by atoms with van der Waals surface area (Å²) in [6.45, 7) is 5.87. The molecule has 0 spiro atoms. The summed E-state index contributed by atoms with van der Waals surface area (Å²) in [6, 6.07) is 4.02. The van der Waals surface area contributed by atoms with Crippen LogP contribution in [0.25, 0.3) is 0 Å². The van der Waals surface area contributed by atoms with Gasteiger partial charge in [0.2, 0.25) is 0 Å². The first-order chi connectivity index (χ1) is 5.66. The third kappa shape index (κ3) is 1.18. The lowest BCUT2D eigenvalue weighted by Gasteiger charge is -2.04. The van der Waals surface area contributed by atoms with Crippen molar-refractivity contribution in [2.45, 2.75) is 19.4 Å². The molecule has 0 saturated carbocycles. The fourth-order valence-corrected chi connectivity index (χ4v) is 1.88. The molecular weight excluding hydrogens is 172 g/mol. The van der Waals surface area contributed by atoms with Crippen molar-refractivity contribution in [2.24, 2.45) is 0 Å². The topological polar surface area (TPSA) is 9.23 Å². The summed E-state index contributed by atoms with van der Waals surface area (Å²) in [6.07, 6.45) is 0.899. The molecule has 0 N–H and O–H groups in total. The molecule has 1 aliphatic rings. The molecule has 63 valence electrons. The maximum Gasteiger partial charge on any atom is 0.141 e. The Kier molecular flexibility index (Phi) is 1.76. The Morgan fingerprint density at radius 1 is 1.58 bits per heavy atom. The Balaban J connectivity index is 2.52. The van der Waals surface area contributed by atoms with Crippen LogP contribution in [0.15, 0.2) is 12.1 Å². The van der Waals surface area contributed by atoms with E-state index < -0.39 is 0 Å². The molecule has 0 fully saturated rings. The Hall–Kier alpha value is -0.690. The lowest BCUT2D eigenvalue weighted by molar-refractivity contribution is 0.281. The minimum Gasteiger partial charge on any atom is -0.488 e. The molecule has 2 heteroatoms. The van der Waals surface area contributed by atoms with Crippen LogP contribution in [-0.2, 0) is 6.42 Å². The van der Waals surface area contributed by atoms with Crippen LogP contribution in [0.2, 0.25) is 5.02 Å². The minimum absolute atomic E-state index is 0.0271. The van der Waals surface area contributed by atoms with Gasteiger partial charge in [-0.05, 0) is 31.0 Å². The number of fused-ring (bicyclic) bond motifs is 1. The lowest BCUT2D eigenvalue weighted by Crippen LogP contribution is -2.05. The van der Waals surface area contributed by atoms with Crippen molar-refractivity contribution in [3.8, 4) is 5.75 Å². The van der Waals surface area contributed by atoms with Gasteiger partial charge >= 0.3 is 0 Å². The van der Waals surface area contributed by atoms with Crippen molar-refractivity contribution < 1.29 is 4.74 Å². The molecule has 1 unspecified atom stereocenters. The molecule has 1 aromatic rings. The Labute approximate surface area is 77.3 Å². The third-order valence-corrected chi connectivity index (χ3v) is 2.28. The van der Waals surface area contributed by atoms with Crippen LogP contribution in [0.4, 0.5) is 0 Å². The average Bonchev–Trinajstić information content (AvgIpc) is 2.29. The van der Waals surface area contributed by atoms with E-state index in [1.165, 1.54) is 11.1 Å². The van der Waals surface area contributed by atoms with Gasteiger partial charge in [-0.25, -0.2) is 0 Å². The van der Waals surface area contributed by atoms with Crippen LogP contribution in [0, 0.1) is 13.8 Å². The number of benzene rings is 1. The lowest BCUT2D eigenvalue weighted by atomic mass is 10.1. The first-order valence-electron chi connectivity index (χ1n) is 3.95. The number of ether oxygens (including phenoxy) is 1. The van der Waals surface area contributed by atoms with E-state index in [0.717, 1.165) is 12.2 Å². The minimum atomic E-state index is 0.0271. The molecule has 1 aromatic carbocycles. The van der Waals surface area contributed by atoms with Crippen LogP contribution < -0.4 is 4.74 Å². The molecule has 0 aliphatic carbocycles. The van der Waals surface area contributed by atoms with Crippen molar-refractivity contribution in [1.82, 2.24) is 0 Å². The summed E-state index contributed by atoms with van der Waals surface area (Å²) >= 11 is 5.99. The summed E-state index contributed by atoms with van der Waals surface area (Å²) in [5, 5.41) is 0.705. The number of aryl methyl sites for hydroxylation is 1. The fourth-order valence-electron chi connectivity index (χ4n) is 1.54. The molecule has 0 amide bonds. The first kappa shape index (κ1) is 7.93. The number of halogens is 1. The quantitative estimate of drug-likeness (QED) is 0.598. The van der Waals surface area contributed by atoms with E-state index in [9.17, 15) is 0 Å². The number of hydrogen-bond donors (Lipinski definition) is 0. The van der Waals surface area contributed by atoms with Crippen molar-refractivity contribution in [3.05, 3.63) is 35.2 Å². The summed E-state index contributed by atoms with van der Waals surface area (Å²) < 4.78 is 5.45. The zero-order valence-electron chi connectivity index (χ0n) is 6.93. The highest BCUT2D eigenvalue weighted by Gasteiger charge is 2.21. The van der Waals surface area contributed by atoms with E-state index in [0.29, 0.717) is 5.02 Å². The molecule has 1 radical (unpaired) electrons. The normalized spacial score (nSPS) is 20.4. The molecule has 1 aliphatic heterocycles. The second kappa shape index (κ2) is 2.67. The van der Waals surface area contributed by atoms with E-state index in [4.69, 9.17) is 16.3 Å². The summed E-state index contributed by atoms with van der Waals surface area (Å²) in [7, 11) is 0. The molecule has 0 bridgehead atoms. The largest absolute Gasteiger partial charge is 0.488 e. The number of rotatable bonds is 0. The smallest absolute Gasteiger partial charge is 0.141 e. The van der Waals surface area contributed by atoms with E-state index in [1.54, 1.807) is 0 Å². The van der Waals surface area contributed by atoms with Crippen molar-refractivity contribution in [2.75, 3.05) is 0 Å². The third-order valence-electron chi connectivity index (χ3n) is 2.00. The van der Waals surface area contributed by atoms with Crippen LogP contribution in [0.3, 0.4) is 0 Å². The van der Waals surface area contributed by atoms with Gasteiger partial charge in [-0.1, -0.05) is 17.7 Å². The standard InChI is InChI=1S/C10H10ClO/c1-6-3-8-5-7(2)12-10(8)9(11)4-6/h3-4,7H,2,5H2,1H3. The average molecular weight is 182 g/mol. The monoisotopic (exact) mass is 181 g/mol. The Bertz CT molecular complexity index is 320. The van der Waals surface area contributed by atoms with Gasteiger partial charge in [0.25, 0.3) is 0 Å². The van der Waals surface area contributed by atoms with Crippen molar-refractivity contribution in [3.63, 3.8) is 0 Å². The van der Waals surface area contributed by atoms with Gasteiger partial charge in [0.15, 0.2) is 0 Å². The van der Waals surface area contributed by atoms with Crippen molar-refractivity contribution >= 4 is 11.6 Å². The van der Waals surface area contributed by atoms with E-state index in [-0.39, 0.29) is 6.10 Å². The summed E-state index contributed by atoms with van der Waals surface area (Å²) in [5.41, 5.74) is 2.36. The molecule has 1 atom stereocenters. The van der Waals surface area contributed by atoms with Gasteiger partial charge in [0, 0.05) is 6.42 Å². The predicted molar refractivity (Wildman–Crippen MR) is 49.7 cm³/mol. The van der Waals surface area contributed by atoms with Gasteiger partial charge in [-0.2, -0.15) is 0 Å². The molecule has 0 aromatic heterocycles. The molecule has 1 heterocycles. The molecule has 2 rings (SSSR count). The van der Waals surface area contributed by atoms with Gasteiger partial charge in [0.05, 0.1) is 5.02 Å². The molecule has 12 heavy (non-hydrogen) atoms. The highest BCUT2D eigenvalue weighted by molar-refractivity contribution is 6.32. The van der Waals surface area contributed by atoms with Crippen molar-refractivity contribution in [1.29, 1.82) is 0 Å². The maximum atomic E-state index is 5.99. The predicted octanol–water partition coefficient (Wildman–Crippen LogP) is 2.79. The van der Waals surface area contributed by atoms with Crippen LogP contribution in [0.5, 0.6) is 5.75 Å². The fraction of sp³-hybridized carbons (Fsp3) is 0.300. The van der Waals surface area contributed by atoms with Crippen LogP contribution >= 0.6 is 11.6 Å². The zero-order chi connectivity index (χ0) is 8.72. The maximum absolute atomic E-state index is 5.99. The van der Waals surface area contributed by atoms with Gasteiger partial charge < -0.3 is 4.74 Å². The Morgan fingerprint density at radius 3 is 3.08 bits per heavy atom. The zero-order valence-corrected chi connectivity index (χ0v) is 7.69. The van der Waals surface area contributed by atoms with Crippen LogP contribution in [0.1, 0.15) is 11.1 Å². The highest BCUT2D eigenvalue weighted by atomic mass is 35.5. The molecular formula is C10H10ClO. The second-order valence-corrected chi connectivity index (χ2v) is 3.59. The molecule has 1 nitrogen and oxygen atoms in total. The van der Waals surface area contributed by atoms with Gasteiger partial charge in [-0.3, -0.25) is 0 Å². The van der Waals surface area contributed by atoms with E-state index in [2.05, 4.69) is 13.0 Å². The van der Waals surface area contributed by atoms with E-state index >= 15 is 0 Å². The first-order valence-corrected chi connectivity index (χ1v) is 4.33. The second-order valence-electron chi connectivity index (χ2n) is 3.18.